The first-order valence-electron chi connectivity index (χ1n) is 20.1. The maximum absolute atomic E-state index is 12.9. The van der Waals surface area contributed by atoms with Gasteiger partial charge in [-0.05, 0) is 57.5 Å². The predicted octanol–water partition coefficient (Wildman–Crippen LogP) is 0.627. The first kappa shape index (κ1) is 51.8. The molecular formula is C39H63N6O14P. The van der Waals surface area contributed by atoms with Gasteiger partial charge in [0, 0.05) is 77.3 Å². The second-order valence-electron chi connectivity index (χ2n) is 15.3. The minimum atomic E-state index is -4.36. The standard InChI is InChI=1S/C39H63N6O14P/c1-4-5-31(38(53)54)27-60(57,58)59-23-13-30(37(51)52)24-32(46)10-11-33(39(55)56)41-36(50)29-8-6-28(7-9-29)12-14-40-34(47)25-44-19-17-42(2)15-16-43(3)18-20-45(22-21-44)26-35(48)49/h6-9,30-31,33H,4-5,10-27H2,1-3H3,(H,40,47)(H,41,50)(H,48,49)(H,51,52)(H,53,54)(H,55,56)(H,57,58)/t30?,31?,33-/m1/s1. The fourth-order valence-electron chi connectivity index (χ4n) is 6.44. The van der Waals surface area contributed by atoms with Gasteiger partial charge in [0.05, 0.1) is 37.7 Å². The summed E-state index contributed by atoms with van der Waals surface area (Å²) in [6, 6.07) is 4.87. The zero-order chi connectivity index (χ0) is 44.8. The van der Waals surface area contributed by atoms with Gasteiger partial charge in [-0.25, -0.2) is 4.79 Å². The quantitative estimate of drug-likeness (QED) is 0.0664. The van der Waals surface area contributed by atoms with E-state index in [1.807, 2.05) is 23.9 Å². The fraction of sp³-hybridized carbons (Fsp3) is 0.667. The van der Waals surface area contributed by atoms with Gasteiger partial charge in [0.1, 0.15) is 11.8 Å². The van der Waals surface area contributed by atoms with Crippen LogP contribution in [0.2, 0.25) is 0 Å². The van der Waals surface area contributed by atoms with E-state index in [2.05, 4.69) is 20.4 Å². The molecule has 1 aliphatic heterocycles. The number of aliphatic carboxylic acids is 4. The van der Waals surface area contributed by atoms with Gasteiger partial charge in [-0.2, -0.15) is 0 Å². The number of benzene rings is 1. The summed E-state index contributed by atoms with van der Waals surface area (Å²) in [6.07, 6.45) is -1.13. The van der Waals surface area contributed by atoms with E-state index in [-0.39, 0.29) is 50.2 Å². The lowest BCUT2D eigenvalue weighted by molar-refractivity contribution is -0.144. The van der Waals surface area contributed by atoms with Crippen molar-refractivity contribution in [2.24, 2.45) is 11.8 Å². The Labute approximate surface area is 350 Å². The Morgan fingerprint density at radius 2 is 1.30 bits per heavy atom. The van der Waals surface area contributed by atoms with Crippen molar-refractivity contribution in [1.82, 2.24) is 30.2 Å². The molecule has 4 atom stereocenters. The number of rotatable bonds is 25. The maximum Gasteiger partial charge on any atom is 0.328 e. The average molecular weight is 871 g/mol. The van der Waals surface area contributed by atoms with Crippen LogP contribution in [0.5, 0.6) is 0 Å². The number of carboxylic acid groups (broad SMARTS) is 4. The van der Waals surface area contributed by atoms with E-state index < -0.39 is 80.2 Å². The number of hydrogen-bond donors (Lipinski definition) is 7. The van der Waals surface area contributed by atoms with Crippen molar-refractivity contribution in [3.8, 4) is 0 Å². The van der Waals surface area contributed by atoms with E-state index in [1.54, 1.807) is 19.1 Å². The number of hydrogen-bond acceptors (Lipinski definition) is 13. The zero-order valence-electron chi connectivity index (χ0n) is 34.8. The van der Waals surface area contributed by atoms with Crippen LogP contribution < -0.4 is 10.6 Å². The van der Waals surface area contributed by atoms with Crippen LogP contribution in [0.4, 0.5) is 0 Å². The van der Waals surface area contributed by atoms with E-state index in [1.165, 1.54) is 12.1 Å². The molecule has 338 valence electrons. The highest BCUT2D eigenvalue weighted by Gasteiger charge is 2.31. The molecule has 3 unspecified atom stereocenters. The van der Waals surface area contributed by atoms with Crippen molar-refractivity contribution in [1.29, 1.82) is 0 Å². The third kappa shape index (κ3) is 21.3. The molecule has 21 heteroatoms. The van der Waals surface area contributed by atoms with Crippen molar-refractivity contribution in [2.45, 2.75) is 57.9 Å². The third-order valence-corrected chi connectivity index (χ3v) is 11.7. The summed E-state index contributed by atoms with van der Waals surface area (Å²) in [5.41, 5.74) is 0.955. The molecule has 2 amide bonds. The van der Waals surface area contributed by atoms with E-state index in [4.69, 9.17) is 4.52 Å². The summed E-state index contributed by atoms with van der Waals surface area (Å²) >= 11 is 0. The largest absolute Gasteiger partial charge is 0.481 e. The van der Waals surface area contributed by atoms with Gasteiger partial charge in [0.25, 0.3) is 5.91 Å². The molecule has 0 aliphatic carbocycles. The molecule has 1 fully saturated rings. The van der Waals surface area contributed by atoms with Gasteiger partial charge >= 0.3 is 31.5 Å². The molecule has 0 radical (unpaired) electrons. The normalized spacial score (nSPS) is 17.8. The van der Waals surface area contributed by atoms with Crippen LogP contribution in [0.25, 0.3) is 0 Å². The summed E-state index contributed by atoms with van der Waals surface area (Å²) in [6.45, 7) is 7.01. The lowest BCUT2D eigenvalue weighted by Crippen LogP contribution is -2.47. The monoisotopic (exact) mass is 870 g/mol. The predicted molar refractivity (Wildman–Crippen MR) is 219 cm³/mol. The van der Waals surface area contributed by atoms with E-state index in [0.29, 0.717) is 45.6 Å². The third-order valence-electron chi connectivity index (χ3n) is 10.2. The number of likely N-dealkylation sites (N-methyl/N-ethyl adjacent to an activating group) is 2. The number of nitrogens with zero attached hydrogens (tertiary/aromatic N) is 4. The number of carbonyl (C=O) groups excluding carboxylic acids is 3. The number of Topliss-reactive ketones (excluding diaryl/α,β-unsaturated/α-hetero) is 1. The Hall–Kier alpha value is -4.30. The van der Waals surface area contributed by atoms with Crippen molar-refractivity contribution in [3.05, 3.63) is 35.4 Å². The van der Waals surface area contributed by atoms with Crippen LogP contribution in [-0.4, -0.2) is 191 Å². The van der Waals surface area contributed by atoms with Crippen molar-refractivity contribution in [2.75, 3.05) is 98.9 Å². The van der Waals surface area contributed by atoms with Crippen LogP contribution >= 0.6 is 7.60 Å². The molecule has 20 nitrogen and oxygen atoms in total. The Balaban J connectivity index is 1.85. The minimum Gasteiger partial charge on any atom is -0.481 e. The molecule has 2 rings (SSSR count). The summed E-state index contributed by atoms with van der Waals surface area (Å²) < 4.78 is 17.3. The summed E-state index contributed by atoms with van der Waals surface area (Å²) in [5, 5.41) is 43.2. The van der Waals surface area contributed by atoms with Crippen LogP contribution in [-0.2, 0) is 44.3 Å². The number of nitrogens with one attached hydrogen (secondary N) is 2. The molecule has 1 heterocycles. The molecule has 1 aromatic rings. The Kier molecular flexibility index (Phi) is 23.2. The fourth-order valence-corrected chi connectivity index (χ4v) is 7.83. The highest BCUT2D eigenvalue weighted by atomic mass is 31.2. The topological polar surface area (TPSA) is 284 Å². The molecule has 0 saturated carbocycles. The highest BCUT2D eigenvalue weighted by Crippen LogP contribution is 2.45. The average Bonchev–Trinajstić information content (AvgIpc) is 3.17. The van der Waals surface area contributed by atoms with Crippen molar-refractivity contribution in [3.63, 3.8) is 0 Å². The Morgan fingerprint density at radius 3 is 1.83 bits per heavy atom. The molecule has 7 N–H and O–H groups in total. The molecule has 1 aliphatic rings. The van der Waals surface area contributed by atoms with Crippen molar-refractivity contribution < 1.29 is 68.0 Å². The van der Waals surface area contributed by atoms with Gasteiger partial charge in [0.15, 0.2) is 0 Å². The summed E-state index contributed by atoms with van der Waals surface area (Å²) in [7, 11) is -0.314. The second-order valence-corrected chi connectivity index (χ2v) is 17.2. The number of carbonyl (C=O) groups is 7. The smallest absolute Gasteiger partial charge is 0.328 e. The van der Waals surface area contributed by atoms with E-state index in [0.717, 1.165) is 31.7 Å². The van der Waals surface area contributed by atoms with Crippen LogP contribution in [0, 0.1) is 11.8 Å². The molecule has 1 saturated heterocycles. The lowest BCUT2D eigenvalue weighted by atomic mass is 9.96. The van der Waals surface area contributed by atoms with Crippen LogP contribution in [0.3, 0.4) is 0 Å². The molecule has 1 aromatic carbocycles. The Morgan fingerprint density at radius 1 is 0.750 bits per heavy atom. The number of ketones is 1. The molecule has 60 heavy (non-hydrogen) atoms. The molecule has 0 bridgehead atoms. The SMILES string of the molecule is CCCC(CP(=O)(O)OCCC(CC(=O)CC[C@@H](NC(=O)c1ccc(CCNC(=O)CN2CCN(C)CCN(C)CCN(CC(=O)O)CC2)cc1)C(=O)O)C(=O)O)C(=O)O. The Bertz CT molecular complexity index is 1630. The number of carboxylic acids is 4. The van der Waals surface area contributed by atoms with Gasteiger partial charge in [-0.15, -0.1) is 0 Å². The summed E-state index contributed by atoms with van der Waals surface area (Å²) in [5.74, 6) is -8.86. The van der Waals surface area contributed by atoms with E-state index >= 15 is 0 Å². The first-order valence-corrected chi connectivity index (χ1v) is 21.9. The van der Waals surface area contributed by atoms with Gasteiger partial charge in [-0.3, -0.25) is 43.1 Å². The maximum atomic E-state index is 12.9. The second kappa shape index (κ2) is 26.8. The minimum absolute atomic E-state index is 0.0772. The summed E-state index contributed by atoms with van der Waals surface area (Å²) in [4.78, 5) is 103. The first-order chi connectivity index (χ1) is 28.3. The molecule has 0 spiro atoms. The van der Waals surface area contributed by atoms with Crippen molar-refractivity contribution >= 4 is 49.1 Å². The van der Waals surface area contributed by atoms with Gasteiger partial charge in [0.2, 0.25) is 5.91 Å². The number of amides is 2. The van der Waals surface area contributed by atoms with Crippen LogP contribution in [0.15, 0.2) is 24.3 Å². The van der Waals surface area contributed by atoms with Crippen LogP contribution in [0.1, 0.15) is 61.4 Å². The lowest BCUT2D eigenvalue weighted by Gasteiger charge is -2.31. The van der Waals surface area contributed by atoms with Gasteiger partial charge in [-0.1, -0.05) is 25.5 Å². The van der Waals surface area contributed by atoms with E-state index in [9.17, 15) is 63.4 Å². The zero-order valence-corrected chi connectivity index (χ0v) is 35.7. The molecule has 0 aromatic heterocycles. The van der Waals surface area contributed by atoms with Gasteiger partial charge < -0.3 is 50.3 Å². The molecular weight excluding hydrogens is 807 g/mol. The highest BCUT2D eigenvalue weighted by molar-refractivity contribution is 7.52.